The highest BCUT2D eigenvalue weighted by Gasteiger charge is 2.32. The van der Waals surface area contributed by atoms with Gasteiger partial charge >= 0.3 is 6.18 Å². The number of hydrogen-bond donors (Lipinski definition) is 2. The summed E-state index contributed by atoms with van der Waals surface area (Å²) in [5.41, 5.74) is 5.50. The number of nitrogen functional groups attached to an aromatic ring is 1. The fourth-order valence-corrected chi connectivity index (χ4v) is 3.25. The zero-order valence-corrected chi connectivity index (χ0v) is 14.2. The standard InChI is InChI=1S/C15H9BrF3N3OS/c16-8-1-3-9(4-2-8)22-13(23)12-11(20)10-5-7(15(17,18)19)6-21-14(10)24-12/h1-6H,20H2,(H,22,23). The number of halogens is 4. The van der Waals surface area contributed by atoms with E-state index in [4.69, 9.17) is 5.73 Å². The maximum Gasteiger partial charge on any atom is 0.417 e. The van der Waals surface area contributed by atoms with Crippen LogP contribution in [0.4, 0.5) is 24.5 Å². The molecule has 0 aliphatic carbocycles. The summed E-state index contributed by atoms with van der Waals surface area (Å²) in [6.07, 6.45) is -3.79. The maximum atomic E-state index is 12.8. The van der Waals surface area contributed by atoms with Crippen LogP contribution in [0.3, 0.4) is 0 Å². The summed E-state index contributed by atoms with van der Waals surface area (Å²) in [5, 5.41) is 2.77. The number of fused-ring (bicyclic) bond motifs is 1. The van der Waals surface area contributed by atoms with Crippen LogP contribution in [0.1, 0.15) is 15.2 Å². The molecule has 0 aliphatic heterocycles. The normalized spacial score (nSPS) is 11.7. The number of nitrogens with two attached hydrogens (primary N) is 1. The highest BCUT2D eigenvalue weighted by atomic mass is 79.9. The molecule has 9 heteroatoms. The summed E-state index contributed by atoms with van der Waals surface area (Å²) in [7, 11) is 0. The van der Waals surface area contributed by atoms with Gasteiger partial charge in [0.25, 0.3) is 5.91 Å². The van der Waals surface area contributed by atoms with Gasteiger partial charge in [-0.3, -0.25) is 4.79 Å². The minimum atomic E-state index is -4.52. The van der Waals surface area contributed by atoms with Gasteiger partial charge in [-0.15, -0.1) is 11.3 Å². The topological polar surface area (TPSA) is 68.0 Å². The smallest absolute Gasteiger partial charge is 0.397 e. The zero-order valence-electron chi connectivity index (χ0n) is 11.8. The first-order chi connectivity index (χ1) is 11.3. The van der Waals surface area contributed by atoms with Gasteiger partial charge in [-0.05, 0) is 30.3 Å². The molecular formula is C15H9BrF3N3OS. The Balaban J connectivity index is 1.96. The molecule has 2 aromatic heterocycles. The SMILES string of the molecule is Nc1c(C(=O)Nc2ccc(Br)cc2)sc2ncc(C(F)(F)F)cc12. The molecule has 3 N–H and O–H groups in total. The van der Waals surface area contributed by atoms with Crippen LogP contribution in [0, 0.1) is 0 Å². The fraction of sp³-hybridized carbons (Fsp3) is 0.0667. The third kappa shape index (κ3) is 3.22. The molecule has 0 saturated heterocycles. The predicted octanol–water partition coefficient (Wildman–Crippen LogP) is 4.91. The lowest BCUT2D eigenvalue weighted by molar-refractivity contribution is -0.137. The molecule has 0 saturated carbocycles. The van der Waals surface area contributed by atoms with Gasteiger partial charge in [-0.25, -0.2) is 4.98 Å². The lowest BCUT2D eigenvalue weighted by Crippen LogP contribution is -2.11. The number of thiophene rings is 1. The molecule has 124 valence electrons. The van der Waals surface area contributed by atoms with Crippen molar-refractivity contribution in [3.05, 3.63) is 51.4 Å². The number of pyridine rings is 1. The van der Waals surface area contributed by atoms with E-state index in [1.54, 1.807) is 24.3 Å². The summed E-state index contributed by atoms with van der Waals surface area (Å²) in [4.78, 5) is 16.5. The molecule has 1 amide bonds. The summed E-state index contributed by atoms with van der Waals surface area (Å²) in [6, 6.07) is 7.78. The van der Waals surface area contributed by atoms with E-state index >= 15 is 0 Å². The number of nitrogens with one attached hydrogen (secondary N) is 1. The van der Waals surface area contributed by atoms with E-state index in [-0.39, 0.29) is 20.8 Å². The number of nitrogens with zero attached hydrogens (tertiary/aromatic N) is 1. The molecule has 0 aliphatic rings. The van der Waals surface area contributed by atoms with Gasteiger partial charge in [0.2, 0.25) is 0 Å². The number of hydrogen-bond acceptors (Lipinski definition) is 4. The minimum absolute atomic E-state index is 0.0109. The number of rotatable bonds is 2. The Morgan fingerprint density at radius 2 is 1.92 bits per heavy atom. The molecule has 1 aromatic carbocycles. The first-order valence-corrected chi connectivity index (χ1v) is 8.19. The lowest BCUT2D eigenvalue weighted by atomic mass is 10.2. The first kappa shape index (κ1) is 16.7. The monoisotopic (exact) mass is 415 g/mol. The Labute approximate surface area is 146 Å². The van der Waals surface area contributed by atoms with Crippen LogP contribution in [0.25, 0.3) is 10.2 Å². The zero-order chi connectivity index (χ0) is 17.5. The highest BCUT2D eigenvalue weighted by molar-refractivity contribution is 9.10. The van der Waals surface area contributed by atoms with E-state index in [9.17, 15) is 18.0 Å². The molecule has 0 unspecified atom stereocenters. The van der Waals surface area contributed by atoms with Gasteiger partial charge in [-0.1, -0.05) is 15.9 Å². The maximum absolute atomic E-state index is 12.8. The van der Waals surface area contributed by atoms with Gasteiger partial charge in [-0.2, -0.15) is 13.2 Å². The van der Waals surface area contributed by atoms with E-state index in [1.165, 1.54) is 0 Å². The lowest BCUT2D eigenvalue weighted by Gasteiger charge is -2.05. The van der Waals surface area contributed by atoms with Gasteiger partial charge in [0.05, 0.1) is 11.3 Å². The minimum Gasteiger partial charge on any atom is -0.397 e. The molecule has 0 atom stereocenters. The van der Waals surface area contributed by atoms with E-state index in [0.717, 1.165) is 28.1 Å². The van der Waals surface area contributed by atoms with Gasteiger partial charge in [0, 0.05) is 21.7 Å². The molecule has 3 aromatic rings. The van der Waals surface area contributed by atoms with Crippen LogP contribution < -0.4 is 11.1 Å². The molecule has 0 spiro atoms. The summed E-state index contributed by atoms with van der Waals surface area (Å²) < 4.78 is 39.2. The number of aromatic nitrogens is 1. The average Bonchev–Trinajstić information content (AvgIpc) is 2.85. The van der Waals surface area contributed by atoms with Crippen molar-refractivity contribution in [2.75, 3.05) is 11.1 Å². The average molecular weight is 416 g/mol. The van der Waals surface area contributed by atoms with Crippen molar-refractivity contribution >= 4 is 54.8 Å². The Kier molecular flexibility index (Phi) is 4.22. The van der Waals surface area contributed by atoms with E-state index in [0.29, 0.717) is 5.69 Å². The second kappa shape index (κ2) is 6.06. The van der Waals surface area contributed by atoms with Crippen LogP contribution in [0.15, 0.2) is 41.0 Å². The molecule has 0 radical (unpaired) electrons. The number of anilines is 2. The number of amides is 1. The van der Waals surface area contributed by atoms with Crippen LogP contribution in [-0.4, -0.2) is 10.9 Å². The van der Waals surface area contributed by atoms with Crippen LogP contribution in [0.2, 0.25) is 0 Å². The van der Waals surface area contributed by atoms with Crippen molar-refractivity contribution in [2.45, 2.75) is 6.18 Å². The molecule has 4 nitrogen and oxygen atoms in total. The van der Waals surface area contributed by atoms with Gasteiger partial charge in [0.15, 0.2) is 0 Å². The van der Waals surface area contributed by atoms with Crippen LogP contribution >= 0.6 is 27.3 Å². The third-order valence-electron chi connectivity index (χ3n) is 3.22. The van der Waals surface area contributed by atoms with Gasteiger partial charge < -0.3 is 11.1 Å². The van der Waals surface area contributed by atoms with Crippen molar-refractivity contribution in [3.8, 4) is 0 Å². The van der Waals surface area contributed by atoms with Crippen LogP contribution in [0.5, 0.6) is 0 Å². The number of carbonyl (C=O) groups excluding carboxylic acids is 1. The summed E-state index contributed by atoms with van der Waals surface area (Å²) >= 11 is 4.23. The fourth-order valence-electron chi connectivity index (χ4n) is 2.05. The quantitative estimate of drug-likeness (QED) is 0.624. The largest absolute Gasteiger partial charge is 0.417 e. The van der Waals surface area contributed by atoms with E-state index in [1.807, 2.05) is 0 Å². The Morgan fingerprint density at radius 1 is 1.25 bits per heavy atom. The molecule has 0 fully saturated rings. The highest BCUT2D eigenvalue weighted by Crippen LogP contribution is 2.37. The number of benzene rings is 1. The third-order valence-corrected chi connectivity index (χ3v) is 4.88. The number of carbonyl (C=O) groups is 1. The molecule has 0 bridgehead atoms. The van der Waals surface area contributed by atoms with Crippen molar-refractivity contribution in [3.63, 3.8) is 0 Å². The second-order valence-electron chi connectivity index (χ2n) is 4.88. The van der Waals surface area contributed by atoms with Crippen molar-refractivity contribution in [2.24, 2.45) is 0 Å². The van der Waals surface area contributed by atoms with Crippen LogP contribution in [-0.2, 0) is 6.18 Å². The van der Waals surface area contributed by atoms with E-state index in [2.05, 4.69) is 26.2 Å². The van der Waals surface area contributed by atoms with Crippen molar-refractivity contribution in [1.82, 2.24) is 4.98 Å². The Hall–Kier alpha value is -2.13. The first-order valence-electron chi connectivity index (χ1n) is 6.58. The van der Waals surface area contributed by atoms with E-state index < -0.39 is 17.6 Å². The molecular weight excluding hydrogens is 407 g/mol. The van der Waals surface area contributed by atoms with Gasteiger partial charge in [0.1, 0.15) is 9.71 Å². The summed E-state index contributed by atoms with van der Waals surface area (Å²) in [5.74, 6) is -0.494. The molecule has 24 heavy (non-hydrogen) atoms. The number of alkyl halides is 3. The van der Waals surface area contributed by atoms with Crippen molar-refractivity contribution < 1.29 is 18.0 Å². The molecule has 3 rings (SSSR count). The Morgan fingerprint density at radius 3 is 2.54 bits per heavy atom. The van der Waals surface area contributed by atoms with Crippen molar-refractivity contribution in [1.29, 1.82) is 0 Å². The molecule has 2 heterocycles. The second-order valence-corrected chi connectivity index (χ2v) is 6.80. The predicted molar refractivity (Wildman–Crippen MR) is 91.1 cm³/mol. The summed E-state index contributed by atoms with van der Waals surface area (Å²) in [6.45, 7) is 0. The Bertz CT molecular complexity index is 922.